The molecule has 20 heavy (non-hydrogen) atoms. The van der Waals surface area contributed by atoms with Gasteiger partial charge < -0.3 is 5.73 Å². The van der Waals surface area contributed by atoms with Crippen molar-refractivity contribution in [3.63, 3.8) is 0 Å². The van der Waals surface area contributed by atoms with E-state index in [0.717, 1.165) is 44.9 Å². The van der Waals surface area contributed by atoms with Gasteiger partial charge in [-0.2, -0.15) is 17.4 Å². The second-order valence-corrected chi connectivity index (χ2v) is 8.03. The van der Waals surface area contributed by atoms with Gasteiger partial charge in [-0.3, -0.25) is 0 Å². The zero-order valence-corrected chi connectivity index (χ0v) is 13.5. The zero-order valence-electron chi connectivity index (χ0n) is 11.9. The van der Waals surface area contributed by atoms with E-state index in [0.29, 0.717) is 13.1 Å². The first kappa shape index (κ1) is 16.1. The smallest absolute Gasteiger partial charge is 0.280 e. The lowest BCUT2D eigenvalue weighted by atomic mass is 9.84. The number of hydrogen-bond donors (Lipinski definition) is 2. The van der Waals surface area contributed by atoms with Crippen LogP contribution in [0.5, 0.6) is 0 Å². The van der Waals surface area contributed by atoms with E-state index in [9.17, 15) is 8.42 Å². The third kappa shape index (κ3) is 4.13. The van der Waals surface area contributed by atoms with Crippen LogP contribution >= 0.6 is 12.2 Å². The highest BCUT2D eigenvalue weighted by Gasteiger charge is 2.32. The molecule has 0 aromatic rings. The van der Waals surface area contributed by atoms with Crippen LogP contribution in [0.3, 0.4) is 0 Å². The summed E-state index contributed by atoms with van der Waals surface area (Å²) in [6.45, 7) is 1.20. The van der Waals surface area contributed by atoms with Gasteiger partial charge in [-0.1, -0.05) is 37.9 Å². The Hall–Kier alpha value is -0.240. The van der Waals surface area contributed by atoms with Crippen LogP contribution in [0, 0.1) is 5.92 Å². The van der Waals surface area contributed by atoms with Gasteiger partial charge in [0.2, 0.25) is 0 Å². The summed E-state index contributed by atoms with van der Waals surface area (Å²) in [7, 11) is -3.46. The Morgan fingerprint density at radius 1 is 1.10 bits per heavy atom. The molecule has 0 radical (unpaired) electrons. The van der Waals surface area contributed by atoms with E-state index in [1.54, 1.807) is 0 Å². The maximum atomic E-state index is 12.4. The summed E-state index contributed by atoms with van der Waals surface area (Å²) in [6.07, 6.45) is 8.47. The van der Waals surface area contributed by atoms with E-state index in [2.05, 4.69) is 4.72 Å². The molecule has 1 atom stereocenters. The molecule has 0 aromatic carbocycles. The van der Waals surface area contributed by atoms with Gasteiger partial charge in [-0.25, -0.2) is 0 Å². The van der Waals surface area contributed by atoms with Gasteiger partial charge in [0.05, 0.1) is 11.0 Å². The van der Waals surface area contributed by atoms with Crippen LogP contribution in [0.2, 0.25) is 0 Å². The second-order valence-electron chi connectivity index (χ2n) is 5.86. The molecule has 2 aliphatic rings. The summed E-state index contributed by atoms with van der Waals surface area (Å²) in [5, 5.41) is 0. The quantitative estimate of drug-likeness (QED) is 0.754. The number of nitrogens with zero attached hydrogens (tertiary/aromatic N) is 1. The SMILES string of the molecule is NC(=S)C(NS(=O)(=O)N1CCCCC1)C1CCCCC1. The van der Waals surface area contributed by atoms with Crippen LogP contribution in [0.1, 0.15) is 51.4 Å². The molecule has 1 aliphatic carbocycles. The second kappa shape index (κ2) is 7.15. The lowest BCUT2D eigenvalue weighted by molar-refractivity contribution is 0.312. The van der Waals surface area contributed by atoms with E-state index in [1.165, 1.54) is 10.7 Å². The van der Waals surface area contributed by atoms with Crippen molar-refractivity contribution < 1.29 is 8.42 Å². The highest BCUT2D eigenvalue weighted by atomic mass is 32.2. The van der Waals surface area contributed by atoms with Gasteiger partial charge in [0.1, 0.15) is 0 Å². The lowest BCUT2D eigenvalue weighted by Gasteiger charge is -2.33. The topological polar surface area (TPSA) is 75.4 Å². The molecule has 0 aromatic heterocycles. The number of nitrogens with two attached hydrogens (primary N) is 1. The average molecular weight is 319 g/mol. The fourth-order valence-corrected chi connectivity index (χ4v) is 5.05. The van der Waals surface area contributed by atoms with Gasteiger partial charge >= 0.3 is 0 Å². The molecule has 0 amide bonds. The van der Waals surface area contributed by atoms with Gasteiger partial charge in [0.25, 0.3) is 10.2 Å². The van der Waals surface area contributed by atoms with Crippen molar-refractivity contribution in [2.24, 2.45) is 11.7 Å². The Bertz CT molecular complexity index is 427. The molecule has 2 fully saturated rings. The normalized spacial score (nSPS) is 24.4. The summed E-state index contributed by atoms with van der Waals surface area (Å²) in [5.74, 6) is 0.251. The van der Waals surface area contributed by atoms with Crippen LogP contribution in [0.15, 0.2) is 0 Å². The number of thiocarbonyl (C=S) groups is 1. The van der Waals surface area contributed by atoms with Gasteiger partial charge in [-0.15, -0.1) is 0 Å². The van der Waals surface area contributed by atoms with E-state index < -0.39 is 16.3 Å². The van der Waals surface area contributed by atoms with Gasteiger partial charge in [0, 0.05) is 13.1 Å². The third-order valence-electron chi connectivity index (χ3n) is 4.36. The average Bonchev–Trinajstić information content (AvgIpc) is 2.46. The molecular weight excluding hydrogens is 294 g/mol. The summed E-state index contributed by atoms with van der Waals surface area (Å²) < 4.78 is 29.2. The van der Waals surface area contributed by atoms with Gasteiger partial charge in [-0.05, 0) is 31.6 Å². The summed E-state index contributed by atoms with van der Waals surface area (Å²) in [6, 6.07) is -0.391. The number of piperidine rings is 1. The van der Waals surface area contributed by atoms with Crippen LogP contribution in [-0.2, 0) is 10.2 Å². The molecule has 0 spiro atoms. The molecule has 116 valence electrons. The number of hydrogen-bond acceptors (Lipinski definition) is 3. The lowest BCUT2D eigenvalue weighted by Crippen LogP contribution is -2.54. The highest BCUT2D eigenvalue weighted by molar-refractivity contribution is 7.87. The maximum Gasteiger partial charge on any atom is 0.280 e. The Balaban J connectivity index is 2.04. The van der Waals surface area contributed by atoms with E-state index in [-0.39, 0.29) is 10.9 Å². The monoisotopic (exact) mass is 319 g/mol. The summed E-state index contributed by atoms with van der Waals surface area (Å²) in [5.41, 5.74) is 5.79. The van der Waals surface area contributed by atoms with Crippen molar-refractivity contribution in [2.75, 3.05) is 13.1 Å². The minimum Gasteiger partial charge on any atom is -0.392 e. The maximum absolute atomic E-state index is 12.4. The Morgan fingerprint density at radius 2 is 1.65 bits per heavy atom. The molecule has 1 aliphatic heterocycles. The molecule has 3 N–H and O–H groups in total. The predicted molar refractivity (Wildman–Crippen MR) is 84.6 cm³/mol. The molecule has 2 rings (SSSR count). The highest BCUT2D eigenvalue weighted by Crippen LogP contribution is 2.27. The van der Waals surface area contributed by atoms with Crippen LogP contribution in [0.4, 0.5) is 0 Å². The van der Waals surface area contributed by atoms with Crippen molar-refractivity contribution >= 4 is 27.4 Å². The van der Waals surface area contributed by atoms with Crippen LogP contribution in [-0.4, -0.2) is 36.8 Å². The molecule has 1 unspecified atom stereocenters. The molecule has 1 saturated carbocycles. The fraction of sp³-hybridized carbons (Fsp3) is 0.923. The molecule has 0 bridgehead atoms. The molecule has 1 saturated heterocycles. The van der Waals surface area contributed by atoms with E-state index >= 15 is 0 Å². The first-order valence-electron chi connectivity index (χ1n) is 7.57. The molecule has 7 heteroatoms. The van der Waals surface area contributed by atoms with Crippen molar-refractivity contribution in [1.82, 2.24) is 9.03 Å². The van der Waals surface area contributed by atoms with Crippen LogP contribution < -0.4 is 10.5 Å². The Kier molecular flexibility index (Phi) is 5.77. The van der Waals surface area contributed by atoms with Crippen molar-refractivity contribution in [3.8, 4) is 0 Å². The minimum atomic E-state index is -3.46. The van der Waals surface area contributed by atoms with Crippen molar-refractivity contribution in [3.05, 3.63) is 0 Å². The predicted octanol–water partition coefficient (Wildman–Crippen LogP) is 1.54. The Morgan fingerprint density at radius 3 is 2.20 bits per heavy atom. The van der Waals surface area contributed by atoms with Crippen molar-refractivity contribution in [2.45, 2.75) is 57.4 Å². The largest absolute Gasteiger partial charge is 0.392 e. The molecular formula is C13H25N3O2S2. The third-order valence-corrected chi connectivity index (χ3v) is 6.21. The van der Waals surface area contributed by atoms with Crippen LogP contribution in [0.25, 0.3) is 0 Å². The zero-order chi connectivity index (χ0) is 14.6. The number of rotatable bonds is 5. The Labute approximate surface area is 127 Å². The summed E-state index contributed by atoms with van der Waals surface area (Å²) in [4.78, 5) is 0.275. The standard InChI is InChI=1S/C13H25N3O2S2/c14-13(19)12(11-7-3-1-4-8-11)15-20(17,18)16-9-5-2-6-10-16/h11-12,15H,1-10H2,(H2,14,19). The number of nitrogens with one attached hydrogen (secondary N) is 1. The van der Waals surface area contributed by atoms with Gasteiger partial charge in [0.15, 0.2) is 0 Å². The van der Waals surface area contributed by atoms with Crippen molar-refractivity contribution in [1.29, 1.82) is 0 Å². The minimum absolute atomic E-state index is 0.251. The first-order valence-corrected chi connectivity index (χ1v) is 9.42. The van der Waals surface area contributed by atoms with E-state index in [4.69, 9.17) is 18.0 Å². The first-order chi connectivity index (χ1) is 9.50. The summed E-state index contributed by atoms with van der Waals surface area (Å²) >= 11 is 5.10. The molecule has 1 heterocycles. The fourth-order valence-electron chi connectivity index (χ4n) is 3.19. The van der Waals surface area contributed by atoms with E-state index in [1.807, 2.05) is 0 Å². The molecule has 5 nitrogen and oxygen atoms in total.